The number of carbonyl (C=O) groups is 2. The fraction of sp³-hybridized carbons (Fsp3) is 0.600. The summed E-state index contributed by atoms with van der Waals surface area (Å²) in [5.41, 5.74) is 3.02. The summed E-state index contributed by atoms with van der Waals surface area (Å²) in [5.74, 6) is -0.173. The third-order valence-corrected chi connectivity index (χ3v) is 5.79. The Hall–Kier alpha value is -2.08. The summed E-state index contributed by atoms with van der Waals surface area (Å²) in [7, 11) is 0. The van der Waals surface area contributed by atoms with Gasteiger partial charge in [0, 0.05) is 50.9 Å². The second-order valence-corrected chi connectivity index (χ2v) is 7.51. The molecular formula is C20H27N3O3. The first kappa shape index (κ1) is 17.3. The molecule has 0 bridgehead atoms. The van der Waals surface area contributed by atoms with Crippen LogP contribution >= 0.6 is 0 Å². The molecule has 140 valence electrons. The number of amides is 1. The van der Waals surface area contributed by atoms with Gasteiger partial charge in [-0.15, -0.1) is 0 Å². The van der Waals surface area contributed by atoms with Crippen LogP contribution in [0.4, 0.5) is 5.69 Å². The van der Waals surface area contributed by atoms with E-state index in [1.807, 2.05) is 11.0 Å². The van der Waals surface area contributed by atoms with E-state index in [0.29, 0.717) is 6.54 Å². The quantitative estimate of drug-likeness (QED) is 0.838. The molecule has 2 atom stereocenters. The summed E-state index contributed by atoms with van der Waals surface area (Å²) < 4.78 is 5.53. The highest BCUT2D eigenvalue weighted by Gasteiger charge is 2.39. The number of hydrogen-bond donors (Lipinski definition) is 1. The van der Waals surface area contributed by atoms with E-state index in [-0.39, 0.29) is 24.0 Å². The van der Waals surface area contributed by atoms with E-state index in [0.717, 1.165) is 68.7 Å². The van der Waals surface area contributed by atoms with Crippen molar-refractivity contribution in [1.29, 1.82) is 0 Å². The molecule has 1 aliphatic carbocycles. The average molecular weight is 357 g/mol. The van der Waals surface area contributed by atoms with E-state index < -0.39 is 0 Å². The van der Waals surface area contributed by atoms with Crippen molar-refractivity contribution in [2.75, 3.05) is 31.1 Å². The number of anilines is 1. The molecule has 1 saturated carbocycles. The maximum absolute atomic E-state index is 13.1. The standard InChI is InChI=1S/C20H27N3O3/c1-14(24)26-19-5-3-2-4-18(19)23-13-15-6-7-16(12-17(15)20(23)25)22-10-8-21-9-11-22/h6-7,12,18-19,21H,2-5,8-11,13H2,1H3. The van der Waals surface area contributed by atoms with Crippen molar-refractivity contribution >= 4 is 17.6 Å². The highest BCUT2D eigenvalue weighted by molar-refractivity contribution is 5.99. The Balaban J connectivity index is 1.54. The molecule has 3 aliphatic rings. The van der Waals surface area contributed by atoms with Gasteiger partial charge < -0.3 is 19.9 Å². The molecule has 0 spiro atoms. The number of nitrogens with one attached hydrogen (secondary N) is 1. The number of nitrogens with zero attached hydrogens (tertiary/aromatic N) is 2. The lowest BCUT2D eigenvalue weighted by atomic mass is 9.91. The number of hydrogen-bond acceptors (Lipinski definition) is 5. The van der Waals surface area contributed by atoms with Crippen molar-refractivity contribution in [2.24, 2.45) is 0 Å². The van der Waals surface area contributed by atoms with Gasteiger partial charge in [-0.3, -0.25) is 9.59 Å². The summed E-state index contributed by atoms with van der Waals surface area (Å²) in [5, 5.41) is 3.36. The first-order valence-electron chi connectivity index (χ1n) is 9.70. The minimum absolute atomic E-state index is 0.00446. The molecule has 1 saturated heterocycles. The van der Waals surface area contributed by atoms with E-state index in [9.17, 15) is 9.59 Å². The van der Waals surface area contributed by atoms with Crippen LogP contribution in [0, 0.1) is 0 Å². The Morgan fingerprint density at radius 3 is 2.73 bits per heavy atom. The number of benzene rings is 1. The molecule has 0 radical (unpaired) electrons. The fourth-order valence-electron chi connectivity index (χ4n) is 4.48. The van der Waals surface area contributed by atoms with Crippen molar-refractivity contribution in [2.45, 2.75) is 51.3 Å². The zero-order valence-corrected chi connectivity index (χ0v) is 15.4. The van der Waals surface area contributed by atoms with E-state index in [1.165, 1.54) is 6.92 Å². The molecule has 2 fully saturated rings. The number of esters is 1. The zero-order valence-electron chi connectivity index (χ0n) is 15.4. The summed E-state index contributed by atoms with van der Waals surface area (Å²) in [4.78, 5) is 28.8. The zero-order chi connectivity index (χ0) is 18.1. The molecule has 6 heteroatoms. The summed E-state index contributed by atoms with van der Waals surface area (Å²) >= 11 is 0. The van der Waals surface area contributed by atoms with Gasteiger partial charge in [0.1, 0.15) is 6.10 Å². The van der Waals surface area contributed by atoms with Gasteiger partial charge in [-0.2, -0.15) is 0 Å². The molecule has 2 aliphatic heterocycles. The molecule has 0 aromatic heterocycles. The first-order chi connectivity index (χ1) is 12.6. The normalized spacial score (nSPS) is 26.0. The van der Waals surface area contributed by atoms with Gasteiger partial charge in [0.2, 0.25) is 0 Å². The van der Waals surface area contributed by atoms with Crippen molar-refractivity contribution in [3.05, 3.63) is 29.3 Å². The van der Waals surface area contributed by atoms with Gasteiger partial charge in [0.15, 0.2) is 0 Å². The Kier molecular flexibility index (Phi) is 4.85. The molecule has 1 amide bonds. The number of piperazine rings is 1. The molecule has 1 N–H and O–H groups in total. The average Bonchev–Trinajstić information content (AvgIpc) is 2.98. The first-order valence-corrected chi connectivity index (χ1v) is 9.70. The van der Waals surface area contributed by atoms with Crippen LogP contribution in [0.2, 0.25) is 0 Å². The fourth-order valence-corrected chi connectivity index (χ4v) is 4.48. The molecule has 2 heterocycles. The van der Waals surface area contributed by atoms with Crippen LogP contribution < -0.4 is 10.2 Å². The molecule has 26 heavy (non-hydrogen) atoms. The van der Waals surface area contributed by atoms with Crippen LogP contribution in [0.3, 0.4) is 0 Å². The molecule has 1 aromatic rings. The van der Waals surface area contributed by atoms with Gasteiger partial charge in [-0.25, -0.2) is 0 Å². The van der Waals surface area contributed by atoms with Gasteiger partial charge in [0.25, 0.3) is 5.91 Å². The number of rotatable bonds is 3. The smallest absolute Gasteiger partial charge is 0.302 e. The number of carbonyl (C=O) groups excluding carboxylic acids is 2. The monoisotopic (exact) mass is 357 g/mol. The lowest BCUT2D eigenvalue weighted by Gasteiger charge is -2.37. The lowest BCUT2D eigenvalue weighted by Crippen LogP contribution is -2.47. The second-order valence-electron chi connectivity index (χ2n) is 7.51. The highest BCUT2D eigenvalue weighted by atomic mass is 16.5. The maximum Gasteiger partial charge on any atom is 0.302 e. The molecule has 4 rings (SSSR count). The third-order valence-electron chi connectivity index (χ3n) is 5.79. The van der Waals surface area contributed by atoms with Crippen LogP contribution in [-0.2, 0) is 16.1 Å². The summed E-state index contributed by atoms with van der Waals surface area (Å²) in [6, 6.07) is 6.27. The van der Waals surface area contributed by atoms with Gasteiger partial charge >= 0.3 is 5.97 Å². The Morgan fingerprint density at radius 1 is 1.19 bits per heavy atom. The molecule has 2 unspecified atom stereocenters. The Labute approximate surface area is 154 Å². The van der Waals surface area contributed by atoms with Crippen LogP contribution in [0.15, 0.2) is 18.2 Å². The predicted molar refractivity (Wildman–Crippen MR) is 99.2 cm³/mol. The highest BCUT2D eigenvalue weighted by Crippen LogP contribution is 2.34. The van der Waals surface area contributed by atoms with Crippen LogP contribution in [-0.4, -0.2) is 55.1 Å². The van der Waals surface area contributed by atoms with Gasteiger partial charge in [-0.05, 0) is 37.0 Å². The van der Waals surface area contributed by atoms with Crippen LogP contribution in [0.5, 0.6) is 0 Å². The molecule has 1 aromatic carbocycles. The third kappa shape index (κ3) is 3.30. The minimum atomic E-state index is -0.257. The van der Waals surface area contributed by atoms with Crippen LogP contribution in [0.25, 0.3) is 0 Å². The second kappa shape index (κ2) is 7.27. The van der Waals surface area contributed by atoms with E-state index >= 15 is 0 Å². The Bertz CT molecular complexity index is 700. The van der Waals surface area contributed by atoms with Gasteiger partial charge in [-0.1, -0.05) is 12.5 Å². The van der Waals surface area contributed by atoms with E-state index in [4.69, 9.17) is 4.74 Å². The predicted octanol–water partition coefficient (Wildman–Crippen LogP) is 1.93. The van der Waals surface area contributed by atoms with Crippen molar-refractivity contribution in [1.82, 2.24) is 10.2 Å². The number of ether oxygens (including phenoxy) is 1. The minimum Gasteiger partial charge on any atom is -0.460 e. The van der Waals surface area contributed by atoms with Crippen molar-refractivity contribution in [3.63, 3.8) is 0 Å². The maximum atomic E-state index is 13.1. The van der Waals surface area contributed by atoms with E-state index in [1.54, 1.807) is 0 Å². The largest absolute Gasteiger partial charge is 0.460 e. The van der Waals surface area contributed by atoms with Crippen molar-refractivity contribution in [3.8, 4) is 0 Å². The Morgan fingerprint density at radius 2 is 1.96 bits per heavy atom. The molecular weight excluding hydrogens is 330 g/mol. The topological polar surface area (TPSA) is 61.9 Å². The molecule has 6 nitrogen and oxygen atoms in total. The van der Waals surface area contributed by atoms with E-state index in [2.05, 4.69) is 22.3 Å². The SMILES string of the molecule is CC(=O)OC1CCCCC1N1Cc2ccc(N3CCNCC3)cc2C1=O. The van der Waals surface area contributed by atoms with Gasteiger partial charge in [0.05, 0.1) is 6.04 Å². The summed E-state index contributed by atoms with van der Waals surface area (Å²) in [6.45, 7) is 5.96. The summed E-state index contributed by atoms with van der Waals surface area (Å²) in [6.07, 6.45) is 3.70. The van der Waals surface area contributed by atoms with Crippen molar-refractivity contribution < 1.29 is 14.3 Å². The number of fused-ring (bicyclic) bond motifs is 1. The van der Waals surface area contributed by atoms with Crippen LogP contribution in [0.1, 0.15) is 48.5 Å². The lowest BCUT2D eigenvalue weighted by molar-refractivity contribution is -0.151.